The summed E-state index contributed by atoms with van der Waals surface area (Å²) in [5.41, 5.74) is 0.106. The molecule has 1 aliphatic heterocycles. The lowest BCUT2D eigenvalue weighted by Crippen LogP contribution is -2.32. The number of pyridine rings is 1. The van der Waals surface area contributed by atoms with E-state index < -0.39 is 41.9 Å². The number of fused-ring (bicyclic) bond motifs is 1. The Labute approximate surface area is 184 Å². The molecule has 33 heavy (non-hydrogen) atoms. The van der Waals surface area contributed by atoms with Crippen LogP contribution in [0.1, 0.15) is 43.0 Å². The zero-order chi connectivity index (χ0) is 24.0. The van der Waals surface area contributed by atoms with E-state index in [0.717, 1.165) is 17.0 Å². The number of halogens is 6. The first-order valence-corrected chi connectivity index (χ1v) is 10.1. The Morgan fingerprint density at radius 2 is 1.88 bits per heavy atom. The van der Waals surface area contributed by atoms with Gasteiger partial charge in [-0.15, -0.1) is 0 Å². The summed E-state index contributed by atoms with van der Waals surface area (Å²) < 4.78 is 89.8. The third-order valence-corrected chi connectivity index (χ3v) is 5.38. The van der Waals surface area contributed by atoms with Gasteiger partial charge in [0.2, 0.25) is 5.90 Å². The van der Waals surface area contributed by atoms with Crippen LogP contribution in [0.5, 0.6) is 5.75 Å². The highest BCUT2D eigenvalue weighted by atomic mass is 19.4. The fourth-order valence-electron chi connectivity index (χ4n) is 3.65. The maximum Gasteiger partial charge on any atom is 0.425 e. The first-order chi connectivity index (χ1) is 15.5. The highest BCUT2D eigenvalue weighted by molar-refractivity contribution is 5.96. The fourth-order valence-corrected chi connectivity index (χ4v) is 3.65. The molecule has 1 aliphatic rings. The standard InChI is InChI=1S/C22H19F6N3O2/c1-3-16-18(13-6-8-29-19-14(13)7-9-30-19)31-20(33-16)12-4-5-17(15(10-12)22(26,27)28)32-11(2)21(23,24)25/h4-11,16,18H,3H2,1-2H3,(H,29,30). The Morgan fingerprint density at radius 1 is 1.12 bits per heavy atom. The van der Waals surface area contributed by atoms with E-state index >= 15 is 0 Å². The molecular weight excluding hydrogens is 452 g/mol. The topological polar surface area (TPSA) is 59.5 Å². The molecule has 0 aliphatic carbocycles. The molecule has 11 heteroatoms. The lowest BCUT2D eigenvalue weighted by atomic mass is 9.99. The van der Waals surface area contributed by atoms with Crippen LogP contribution >= 0.6 is 0 Å². The largest absolute Gasteiger partial charge is 0.481 e. The van der Waals surface area contributed by atoms with E-state index in [1.165, 1.54) is 6.07 Å². The molecule has 0 fully saturated rings. The SMILES string of the molecule is CCC1OC(c2ccc(OC(C)C(F)(F)F)c(C(F)(F)F)c2)=NC1c1ccnc2[nH]ccc12. The van der Waals surface area contributed by atoms with Gasteiger partial charge in [-0.25, -0.2) is 9.98 Å². The number of aromatic amines is 1. The number of H-pyrrole nitrogens is 1. The van der Waals surface area contributed by atoms with E-state index in [1.807, 2.05) is 13.0 Å². The Morgan fingerprint density at radius 3 is 2.55 bits per heavy atom. The van der Waals surface area contributed by atoms with Gasteiger partial charge in [0.25, 0.3) is 0 Å². The second kappa shape index (κ2) is 8.27. The second-order valence-electron chi connectivity index (χ2n) is 7.59. The zero-order valence-corrected chi connectivity index (χ0v) is 17.5. The van der Waals surface area contributed by atoms with Gasteiger partial charge in [0.1, 0.15) is 23.5 Å². The van der Waals surface area contributed by atoms with Gasteiger partial charge in [0, 0.05) is 23.3 Å². The summed E-state index contributed by atoms with van der Waals surface area (Å²) in [5, 5.41) is 0.815. The summed E-state index contributed by atoms with van der Waals surface area (Å²) in [6, 6.07) is 5.88. The van der Waals surface area contributed by atoms with E-state index in [1.54, 1.807) is 18.5 Å². The summed E-state index contributed by atoms with van der Waals surface area (Å²) in [5.74, 6) is -0.935. The van der Waals surface area contributed by atoms with Gasteiger partial charge in [0.15, 0.2) is 6.10 Å². The normalized spacial score (nSPS) is 19.9. The number of aromatic nitrogens is 2. The van der Waals surface area contributed by atoms with Crippen LogP contribution in [0, 0.1) is 0 Å². The van der Waals surface area contributed by atoms with Gasteiger partial charge < -0.3 is 14.5 Å². The number of benzene rings is 1. The Hall–Kier alpha value is -3.24. The van der Waals surface area contributed by atoms with Crippen LogP contribution in [0.15, 0.2) is 47.7 Å². The molecule has 0 radical (unpaired) electrons. The van der Waals surface area contributed by atoms with Crippen molar-refractivity contribution in [2.24, 2.45) is 4.99 Å². The van der Waals surface area contributed by atoms with Crippen molar-refractivity contribution in [3.05, 3.63) is 59.4 Å². The van der Waals surface area contributed by atoms with Crippen molar-refractivity contribution in [3.8, 4) is 5.75 Å². The van der Waals surface area contributed by atoms with Crippen LogP contribution in [0.25, 0.3) is 11.0 Å². The maximum atomic E-state index is 13.6. The molecule has 5 nitrogen and oxygen atoms in total. The number of hydrogen-bond acceptors (Lipinski definition) is 4. The predicted octanol–water partition coefficient (Wildman–Crippen LogP) is 6.21. The number of ether oxygens (including phenoxy) is 2. The molecule has 1 N–H and O–H groups in total. The van der Waals surface area contributed by atoms with Gasteiger partial charge in [-0.05, 0) is 49.2 Å². The number of alkyl halides is 6. The third kappa shape index (κ3) is 4.49. The summed E-state index contributed by atoms with van der Waals surface area (Å²) in [7, 11) is 0. The number of aliphatic imine (C=N–C) groups is 1. The van der Waals surface area contributed by atoms with Crippen molar-refractivity contribution >= 4 is 16.9 Å². The quantitative estimate of drug-likeness (QED) is 0.451. The van der Waals surface area contributed by atoms with Crippen molar-refractivity contribution in [2.75, 3.05) is 0 Å². The second-order valence-corrected chi connectivity index (χ2v) is 7.59. The number of nitrogens with zero attached hydrogens (tertiary/aromatic N) is 2. The number of hydrogen-bond donors (Lipinski definition) is 1. The third-order valence-electron chi connectivity index (χ3n) is 5.38. The lowest BCUT2D eigenvalue weighted by molar-refractivity contribution is -0.191. The minimum atomic E-state index is -4.94. The number of rotatable bonds is 5. The van der Waals surface area contributed by atoms with Crippen LogP contribution in [0.2, 0.25) is 0 Å². The van der Waals surface area contributed by atoms with Gasteiger partial charge in [0.05, 0.1) is 5.56 Å². The van der Waals surface area contributed by atoms with Crippen LogP contribution in [-0.4, -0.2) is 34.2 Å². The van der Waals surface area contributed by atoms with E-state index in [9.17, 15) is 26.3 Å². The van der Waals surface area contributed by atoms with Crippen molar-refractivity contribution in [3.63, 3.8) is 0 Å². The van der Waals surface area contributed by atoms with Crippen molar-refractivity contribution in [1.29, 1.82) is 0 Å². The minimum absolute atomic E-state index is 0.00495. The average Bonchev–Trinajstić information content (AvgIpc) is 3.39. The molecule has 3 unspecified atom stereocenters. The Balaban J connectivity index is 1.72. The highest BCUT2D eigenvalue weighted by Crippen LogP contribution is 2.40. The van der Waals surface area contributed by atoms with Crippen molar-refractivity contribution < 1.29 is 35.8 Å². The first kappa shape index (κ1) is 22.9. The molecule has 2 aromatic heterocycles. The summed E-state index contributed by atoms with van der Waals surface area (Å²) >= 11 is 0. The highest BCUT2D eigenvalue weighted by Gasteiger charge is 2.42. The zero-order valence-electron chi connectivity index (χ0n) is 17.5. The molecule has 3 heterocycles. The van der Waals surface area contributed by atoms with E-state index in [-0.39, 0.29) is 11.5 Å². The summed E-state index contributed by atoms with van der Waals surface area (Å²) in [6.45, 7) is 2.51. The monoisotopic (exact) mass is 471 g/mol. The molecule has 0 bridgehead atoms. The molecule has 0 saturated carbocycles. The predicted molar refractivity (Wildman–Crippen MR) is 108 cm³/mol. The fraction of sp³-hybridized carbons (Fsp3) is 0.364. The maximum absolute atomic E-state index is 13.6. The molecule has 0 saturated heterocycles. The lowest BCUT2D eigenvalue weighted by Gasteiger charge is -2.21. The average molecular weight is 471 g/mol. The van der Waals surface area contributed by atoms with Gasteiger partial charge in [-0.3, -0.25) is 0 Å². The van der Waals surface area contributed by atoms with E-state index in [4.69, 9.17) is 4.74 Å². The van der Waals surface area contributed by atoms with Crippen molar-refractivity contribution in [1.82, 2.24) is 9.97 Å². The van der Waals surface area contributed by atoms with Crippen LogP contribution in [0.4, 0.5) is 26.3 Å². The van der Waals surface area contributed by atoms with Crippen LogP contribution in [-0.2, 0) is 10.9 Å². The summed E-state index contributed by atoms with van der Waals surface area (Å²) in [4.78, 5) is 11.8. The molecular formula is C22H19F6N3O2. The Bertz CT molecular complexity index is 1180. The van der Waals surface area contributed by atoms with Gasteiger partial charge in [-0.1, -0.05) is 6.92 Å². The number of nitrogens with one attached hydrogen (secondary N) is 1. The molecule has 0 amide bonds. The minimum Gasteiger partial charge on any atom is -0.481 e. The van der Waals surface area contributed by atoms with E-state index in [2.05, 4.69) is 19.7 Å². The molecule has 4 rings (SSSR count). The van der Waals surface area contributed by atoms with E-state index in [0.29, 0.717) is 25.1 Å². The van der Waals surface area contributed by atoms with Gasteiger partial charge in [-0.2, -0.15) is 26.3 Å². The first-order valence-electron chi connectivity index (χ1n) is 10.1. The van der Waals surface area contributed by atoms with Crippen LogP contribution < -0.4 is 4.74 Å². The smallest absolute Gasteiger partial charge is 0.425 e. The van der Waals surface area contributed by atoms with Crippen molar-refractivity contribution in [2.45, 2.75) is 50.9 Å². The molecule has 3 atom stereocenters. The van der Waals surface area contributed by atoms with Crippen LogP contribution in [0.3, 0.4) is 0 Å². The molecule has 0 spiro atoms. The molecule has 176 valence electrons. The summed E-state index contributed by atoms with van der Waals surface area (Å²) in [6.07, 6.45) is -8.74. The molecule has 3 aromatic rings. The Kier molecular flexibility index (Phi) is 5.75. The molecule has 1 aromatic carbocycles. The van der Waals surface area contributed by atoms with Gasteiger partial charge >= 0.3 is 12.4 Å².